The SMILES string of the molecule is COCCc1noc([C@H]2CCCNC2)n1. The number of rotatable bonds is 4. The zero-order valence-corrected chi connectivity index (χ0v) is 9.03. The number of methoxy groups -OCH3 is 1. The number of nitrogens with one attached hydrogen (secondary N) is 1. The standard InChI is InChI=1S/C10H17N3O2/c1-14-6-4-9-12-10(15-13-9)8-3-2-5-11-7-8/h8,11H,2-7H2,1H3/t8-/m0/s1. The highest BCUT2D eigenvalue weighted by Crippen LogP contribution is 2.21. The van der Waals surface area contributed by atoms with Gasteiger partial charge in [0.15, 0.2) is 5.82 Å². The average molecular weight is 211 g/mol. The summed E-state index contributed by atoms with van der Waals surface area (Å²) in [4.78, 5) is 4.37. The Hall–Kier alpha value is -0.940. The summed E-state index contributed by atoms with van der Waals surface area (Å²) in [5.41, 5.74) is 0. The summed E-state index contributed by atoms with van der Waals surface area (Å²) in [7, 11) is 1.67. The lowest BCUT2D eigenvalue weighted by molar-refractivity contribution is 0.199. The Morgan fingerprint density at radius 3 is 3.27 bits per heavy atom. The molecule has 0 radical (unpaired) electrons. The van der Waals surface area contributed by atoms with Crippen LogP contribution < -0.4 is 5.32 Å². The molecule has 2 rings (SSSR count). The highest BCUT2D eigenvalue weighted by atomic mass is 16.5. The second-order valence-electron chi connectivity index (χ2n) is 3.83. The molecule has 1 aliphatic heterocycles. The van der Waals surface area contributed by atoms with Crippen molar-refractivity contribution in [1.29, 1.82) is 0 Å². The minimum atomic E-state index is 0.391. The van der Waals surface area contributed by atoms with Crippen molar-refractivity contribution in [3.8, 4) is 0 Å². The Bertz CT molecular complexity index is 295. The number of hydrogen-bond acceptors (Lipinski definition) is 5. The molecule has 1 aromatic rings. The largest absolute Gasteiger partial charge is 0.384 e. The van der Waals surface area contributed by atoms with Crippen molar-refractivity contribution in [1.82, 2.24) is 15.5 Å². The lowest BCUT2D eigenvalue weighted by Gasteiger charge is -2.18. The predicted molar refractivity (Wildman–Crippen MR) is 54.7 cm³/mol. The van der Waals surface area contributed by atoms with E-state index in [-0.39, 0.29) is 0 Å². The first-order chi connectivity index (χ1) is 7.40. The van der Waals surface area contributed by atoms with E-state index >= 15 is 0 Å². The molecular formula is C10H17N3O2. The third-order valence-electron chi connectivity index (χ3n) is 2.66. The fourth-order valence-electron chi connectivity index (χ4n) is 1.79. The molecule has 1 aromatic heterocycles. The summed E-state index contributed by atoms with van der Waals surface area (Å²) in [5, 5.41) is 7.27. The van der Waals surface area contributed by atoms with Crippen LogP contribution in [-0.2, 0) is 11.2 Å². The van der Waals surface area contributed by atoms with Crippen LogP contribution in [0.3, 0.4) is 0 Å². The zero-order valence-electron chi connectivity index (χ0n) is 9.03. The molecule has 1 atom stereocenters. The van der Waals surface area contributed by atoms with Crippen LogP contribution in [0.2, 0.25) is 0 Å². The zero-order chi connectivity index (χ0) is 10.5. The lowest BCUT2D eigenvalue weighted by Crippen LogP contribution is -2.28. The maximum absolute atomic E-state index is 5.24. The van der Waals surface area contributed by atoms with Gasteiger partial charge in [0, 0.05) is 20.1 Å². The van der Waals surface area contributed by atoms with Crippen molar-refractivity contribution >= 4 is 0 Å². The minimum absolute atomic E-state index is 0.391. The summed E-state index contributed by atoms with van der Waals surface area (Å²) in [6.07, 6.45) is 3.04. The Labute approximate surface area is 89.2 Å². The Morgan fingerprint density at radius 1 is 1.60 bits per heavy atom. The molecule has 2 heterocycles. The Morgan fingerprint density at radius 2 is 2.53 bits per heavy atom. The van der Waals surface area contributed by atoms with Crippen molar-refractivity contribution < 1.29 is 9.26 Å². The van der Waals surface area contributed by atoms with Crippen molar-refractivity contribution in [2.45, 2.75) is 25.2 Å². The first-order valence-electron chi connectivity index (χ1n) is 5.42. The van der Waals surface area contributed by atoms with Gasteiger partial charge in [-0.2, -0.15) is 4.98 Å². The van der Waals surface area contributed by atoms with Crippen molar-refractivity contribution in [3.05, 3.63) is 11.7 Å². The molecule has 84 valence electrons. The molecule has 1 saturated heterocycles. The molecule has 0 unspecified atom stereocenters. The van der Waals surface area contributed by atoms with Gasteiger partial charge < -0.3 is 14.6 Å². The van der Waals surface area contributed by atoms with Gasteiger partial charge in [-0.3, -0.25) is 0 Å². The summed E-state index contributed by atoms with van der Waals surface area (Å²) in [6.45, 7) is 2.69. The molecule has 1 N–H and O–H groups in total. The third kappa shape index (κ3) is 2.76. The van der Waals surface area contributed by atoms with Gasteiger partial charge in [-0.25, -0.2) is 0 Å². The molecular weight excluding hydrogens is 194 g/mol. The van der Waals surface area contributed by atoms with Crippen LogP contribution in [0.15, 0.2) is 4.52 Å². The van der Waals surface area contributed by atoms with Crippen LogP contribution in [-0.4, -0.2) is 36.9 Å². The van der Waals surface area contributed by atoms with Gasteiger partial charge in [0.05, 0.1) is 12.5 Å². The maximum atomic E-state index is 5.24. The number of hydrogen-bond donors (Lipinski definition) is 1. The van der Waals surface area contributed by atoms with Crippen LogP contribution >= 0.6 is 0 Å². The highest BCUT2D eigenvalue weighted by Gasteiger charge is 2.20. The van der Waals surface area contributed by atoms with E-state index in [4.69, 9.17) is 9.26 Å². The van der Waals surface area contributed by atoms with Gasteiger partial charge in [-0.15, -0.1) is 0 Å². The predicted octanol–water partition coefficient (Wildman–Crippen LogP) is 0.726. The van der Waals surface area contributed by atoms with E-state index in [9.17, 15) is 0 Å². The van der Waals surface area contributed by atoms with E-state index in [0.717, 1.165) is 37.6 Å². The number of nitrogens with zero attached hydrogens (tertiary/aromatic N) is 2. The van der Waals surface area contributed by atoms with Crippen LogP contribution in [0.4, 0.5) is 0 Å². The average Bonchev–Trinajstić information content (AvgIpc) is 2.76. The lowest BCUT2D eigenvalue weighted by atomic mass is 10.00. The van der Waals surface area contributed by atoms with Gasteiger partial charge in [-0.1, -0.05) is 5.16 Å². The van der Waals surface area contributed by atoms with Crippen molar-refractivity contribution in [3.63, 3.8) is 0 Å². The highest BCUT2D eigenvalue weighted by molar-refractivity contribution is 4.96. The summed E-state index contributed by atoms with van der Waals surface area (Å²) >= 11 is 0. The van der Waals surface area contributed by atoms with Crippen LogP contribution in [0.1, 0.15) is 30.5 Å². The molecule has 1 aliphatic rings. The van der Waals surface area contributed by atoms with E-state index in [0.29, 0.717) is 12.5 Å². The topological polar surface area (TPSA) is 60.2 Å². The normalized spacial score (nSPS) is 21.8. The van der Waals surface area contributed by atoms with E-state index in [1.54, 1.807) is 7.11 Å². The number of ether oxygens (including phenoxy) is 1. The molecule has 0 saturated carbocycles. The van der Waals surface area contributed by atoms with Crippen LogP contribution in [0.5, 0.6) is 0 Å². The summed E-state index contributed by atoms with van der Waals surface area (Å²) in [5.74, 6) is 1.91. The monoisotopic (exact) mass is 211 g/mol. The van der Waals surface area contributed by atoms with E-state index < -0.39 is 0 Å². The molecule has 0 aromatic carbocycles. The van der Waals surface area contributed by atoms with Gasteiger partial charge in [0.2, 0.25) is 5.89 Å². The quantitative estimate of drug-likeness (QED) is 0.795. The molecule has 0 amide bonds. The smallest absolute Gasteiger partial charge is 0.231 e. The van der Waals surface area contributed by atoms with Gasteiger partial charge in [0.25, 0.3) is 0 Å². The van der Waals surface area contributed by atoms with Crippen LogP contribution in [0, 0.1) is 0 Å². The Kier molecular flexibility index (Phi) is 3.69. The summed E-state index contributed by atoms with van der Waals surface area (Å²) < 4.78 is 10.2. The Balaban J connectivity index is 1.93. The molecule has 0 aliphatic carbocycles. The molecule has 0 bridgehead atoms. The number of piperidine rings is 1. The van der Waals surface area contributed by atoms with Gasteiger partial charge in [-0.05, 0) is 19.4 Å². The van der Waals surface area contributed by atoms with E-state index in [2.05, 4.69) is 15.5 Å². The molecule has 0 spiro atoms. The van der Waals surface area contributed by atoms with E-state index in [1.807, 2.05) is 0 Å². The second-order valence-corrected chi connectivity index (χ2v) is 3.83. The van der Waals surface area contributed by atoms with Crippen molar-refractivity contribution in [2.75, 3.05) is 26.8 Å². The van der Waals surface area contributed by atoms with Crippen LogP contribution in [0.25, 0.3) is 0 Å². The summed E-state index contributed by atoms with van der Waals surface area (Å²) in [6, 6.07) is 0. The first-order valence-corrected chi connectivity index (χ1v) is 5.42. The third-order valence-corrected chi connectivity index (χ3v) is 2.66. The second kappa shape index (κ2) is 5.23. The van der Waals surface area contributed by atoms with Crippen molar-refractivity contribution in [2.24, 2.45) is 0 Å². The maximum Gasteiger partial charge on any atom is 0.231 e. The molecule has 15 heavy (non-hydrogen) atoms. The van der Waals surface area contributed by atoms with E-state index in [1.165, 1.54) is 6.42 Å². The van der Waals surface area contributed by atoms with Gasteiger partial charge in [0.1, 0.15) is 0 Å². The minimum Gasteiger partial charge on any atom is -0.384 e. The molecule has 1 fully saturated rings. The molecule has 5 nitrogen and oxygen atoms in total. The molecule has 5 heteroatoms. The fraction of sp³-hybridized carbons (Fsp3) is 0.800. The first kappa shape index (κ1) is 10.6. The van der Waals surface area contributed by atoms with Gasteiger partial charge >= 0.3 is 0 Å². The number of aromatic nitrogens is 2. The fourth-order valence-corrected chi connectivity index (χ4v) is 1.79.